The van der Waals surface area contributed by atoms with E-state index in [0.717, 1.165) is 5.56 Å². The minimum Gasteiger partial charge on any atom is -0.494 e. The van der Waals surface area contributed by atoms with E-state index in [4.69, 9.17) is 10.5 Å². The van der Waals surface area contributed by atoms with Crippen molar-refractivity contribution in [2.75, 3.05) is 13.3 Å². The summed E-state index contributed by atoms with van der Waals surface area (Å²) in [6.07, 6.45) is 0.742. The summed E-state index contributed by atoms with van der Waals surface area (Å²) in [5.74, 6) is -1.29. The molecule has 0 bridgehead atoms. The van der Waals surface area contributed by atoms with Crippen LogP contribution in [0.2, 0.25) is 0 Å². The molecule has 0 amide bonds. The van der Waals surface area contributed by atoms with E-state index in [9.17, 15) is 19.1 Å². The molecule has 1 aromatic carbocycles. The standard InChI is InChI=1S/C16H22FNO4/c1-11(19)15(18)10-13(16(20)21)9-12-3-5-14(6-4-12)22-8-2-7-17/h3-6,13,15H,2,7-10,18H2,1H3,(H,20,21)/t13-,15-/m0/s1/i17-1. The molecule has 122 valence electrons. The van der Waals surface area contributed by atoms with Gasteiger partial charge in [0.05, 0.1) is 25.2 Å². The smallest absolute Gasteiger partial charge is 0.306 e. The first-order valence-corrected chi connectivity index (χ1v) is 7.20. The van der Waals surface area contributed by atoms with Crippen LogP contribution in [0.3, 0.4) is 0 Å². The molecule has 0 aliphatic rings. The van der Waals surface area contributed by atoms with E-state index in [1.54, 1.807) is 24.3 Å². The van der Waals surface area contributed by atoms with Gasteiger partial charge in [-0.3, -0.25) is 14.0 Å². The molecule has 0 radical (unpaired) electrons. The lowest BCUT2D eigenvalue weighted by atomic mass is 9.92. The summed E-state index contributed by atoms with van der Waals surface area (Å²) in [6.45, 7) is 1.24. The molecule has 0 spiro atoms. The number of ether oxygens (including phenoxy) is 1. The van der Waals surface area contributed by atoms with Crippen LogP contribution in [0.1, 0.15) is 25.3 Å². The normalized spacial score (nSPS) is 13.4. The van der Waals surface area contributed by atoms with Crippen LogP contribution in [0.5, 0.6) is 5.75 Å². The third-order valence-electron chi connectivity index (χ3n) is 3.36. The number of halogens is 1. The molecule has 3 N–H and O–H groups in total. The van der Waals surface area contributed by atoms with E-state index < -0.39 is 24.6 Å². The Bertz CT molecular complexity index is 489. The summed E-state index contributed by atoms with van der Waals surface area (Å²) < 4.78 is 17.3. The van der Waals surface area contributed by atoms with Crippen molar-refractivity contribution in [1.82, 2.24) is 0 Å². The molecule has 22 heavy (non-hydrogen) atoms. The van der Waals surface area contributed by atoms with Crippen LogP contribution in [-0.2, 0) is 16.0 Å². The molecule has 1 aromatic rings. The lowest BCUT2D eigenvalue weighted by Crippen LogP contribution is -2.33. The van der Waals surface area contributed by atoms with Crippen LogP contribution in [-0.4, -0.2) is 36.2 Å². The van der Waals surface area contributed by atoms with E-state index in [-0.39, 0.29) is 12.2 Å². The van der Waals surface area contributed by atoms with E-state index in [0.29, 0.717) is 25.2 Å². The highest BCUT2D eigenvalue weighted by atomic mass is 18.2. The number of carboxylic acids is 1. The number of ketones is 1. The largest absolute Gasteiger partial charge is 0.494 e. The molecular weight excluding hydrogens is 288 g/mol. The van der Waals surface area contributed by atoms with Crippen molar-refractivity contribution in [2.24, 2.45) is 11.7 Å². The third kappa shape index (κ3) is 6.22. The Morgan fingerprint density at radius 3 is 2.45 bits per heavy atom. The van der Waals surface area contributed by atoms with Crippen molar-refractivity contribution in [2.45, 2.75) is 32.2 Å². The first kappa shape index (κ1) is 18.1. The number of carboxylic acid groups (broad SMARTS) is 1. The maximum atomic E-state index is 12.0. The van der Waals surface area contributed by atoms with Crippen molar-refractivity contribution < 1.29 is 23.8 Å². The minimum absolute atomic E-state index is 0.111. The van der Waals surface area contributed by atoms with Gasteiger partial charge in [-0.15, -0.1) is 0 Å². The predicted octanol–water partition coefficient (Wildman–Crippen LogP) is 1.97. The summed E-state index contributed by atoms with van der Waals surface area (Å²) in [6, 6.07) is 6.21. The van der Waals surface area contributed by atoms with Crippen LogP contribution in [0.25, 0.3) is 0 Å². The number of carbonyl (C=O) groups is 2. The molecule has 2 atom stereocenters. The highest BCUT2D eigenvalue weighted by Crippen LogP contribution is 2.18. The van der Waals surface area contributed by atoms with Gasteiger partial charge >= 0.3 is 5.97 Å². The van der Waals surface area contributed by atoms with Crippen LogP contribution in [0.4, 0.5) is 4.39 Å². The van der Waals surface area contributed by atoms with Gasteiger partial charge in [-0.1, -0.05) is 12.1 Å². The second-order valence-electron chi connectivity index (χ2n) is 5.23. The molecule has 0 fully saturated rings. The molecule has 0 saturated carbocycles. The average molecular weight is 310 g/mol. The molecule has 0 unspecified atom stereocenters. The van der Waals surface area contributed by atoms with Gasteiger partial charge in [-0.25, -0.2) is 0 Å². The van der Waals surface area contributed by atoms with Crippen LogP contribution >= 0.6 is 0 Å². The number of nitrogens with two attached hydrogens (primary N) is 1. The number of aliphatic carboxylic acids is 1. The van der Waals surface area contributed by atoms with E-state index in [1.807, 2.05) is 0 Å². The van der Waals surface area contributed by atoms with Crippen molar-refractivity contribution in [3.05, 3.63) is 29.8 Å². The number of hydrogen-bond donors (Lipinski definition) is 2. The van der Waals surface area contributed by atoms with Crippen molar-refractivity contribution >= 4 is 11.8 Å². The SMILES string of the molecule is CC(=O)[C@@H](N)C[C@H](Cc1ccc(OCCC[18F])cc1)C(=O)O. The zero-order valence-corrected chi connectivity index (χ0v) is 12.6. The van der Waals surface area contributed by atoms with Gasteiger partial charge < -0.3 is 15.6 Å². The Balaban J connectivity index is 2.62. The fourth-order valence-corrected chi connectivity index (χ4v) is 1.99. The van der Waals surface area contributed by atoms with Crippen molar-refractivity contribution in [3.8, 4) is 5.75 Å². The minimum atomic E-state index is -0.972. The van der Waals surface area contributed by atoms with Crippen LogP contribution < -0.4 is 10.5 Å². The highest BCUT2D eigenvalue weighted by molar-refractivity contribution is 5.82. The zero-order chi connectivity index (χ0) is 16.5. The fourth-order valence-electron chi connectivity index (χ4n) is 1.99. The van der Waals surface area contributed by atoms with Gasteiger partial charge in [0.25, 0.3) is 0 Å². The molecule has 0 aliphatic carbocycles. The van der Waals surface area contributed by atoms with Gasteiger partial charge in [0.15, 0.2) is 0 Å². The number of alkyl halides is 1. The van der Waals surface area contributed by atoms with Crippen LogP contribution in [0.15, 0.2) is 24.3 Å². The lowest BCUT2D eigenvalue weighted by molar-refractivity contribution is -0.142. The predicted molar refractivity (Wildman–Crippen MR) is 80.6 cm³/mol. The Labute approximate surface area is 129 Å². The molecule has 1 rings (SSSR count). The quantitative estimate of drug-likeness (QED) is 0.645. The second kappa shape index (κ2) is 9.15. The molecule has 6 heteroatoms. The van der Waals surface area contributed by atoms with Gasteiger partial charge in [-0.2, -0.15) is 0 Å². The summed E-state index contributed by atoms with van der Waals surface area (Å²) in [7, 11) is 0. The molecule has 5 nitrogen and oxygen atoms in total. The van der Waals surface area contributed by atoms with E-state index >= 15 is 0 Å². The van der Waals surface area contributed by atoms with E-state index in [1.165, 1.54) is 6.92 Å². The van der Waals surface area contributed by atoms with Crippen molar-refractivity contribution in [3.63, 3.8) is 0 Å². The summed E-state index contributed by atoms with van der Waals surface area (Å²) in [4.78, 5) is 22.4. The lowest BCUT2D eigenvalue weighted by Gasteiger charge is -2.16. The van der Waals surface area contributed by atoms with Crippen molar-refractivity contribution in [1.29, 1.82) is 0 Å². The molecule has 0 aliphatic heterocycles. The maximum absolute atomic E-state index is 12.0. The first-order chi connectivity index (χ1) is 10.4. The van der Waals surface area contributed by atoms with Gasteiger partial charge in [0.1, 0.15) is 11.5 Å². The molecule has 0 aromatic heterocycles. The summed E-state index contributed by atoms with van der Waals surface area (Å²) in [5, 5.41) is 9.24. The Hall–Kier alpha value is -1.95. The number of benzene rings is 1. The zero-order valence-electron chi connectivity index (χ0n) is 12.6. The Kier molecular flexibility index (Phi) is 7.52. The Morgan fingerprint density at radius 1 is 1.32 bits per heavy atom. The van der Waals surface area contributed by atoms with E-state index in [2.05, 4.69) is 0 Å². The molecule has 0 saturated heterocycles. The monoisotopic (exact) mass is 310 g/mol. The Morgan fingerprint density at radius 2 is 1.95 bits per heavy atom. The number of carbonyl (C=O) groups excluding carboxylic acids is 1. The first-order valence-electron chi connectivity index (χ1n) is 7.20. The van der Waals surface area contributed by atoms with Gasteiger partial charge in [-0.05, 0) is 37.5 Å². The highest BCUT2D eigenvalue weighted by Gasteiger charge is 2.23. The third-order valence-corrected chi connectivity index (χ3v) is 3.36. The topological polar surface area (TPSA) is 89.6 Å². The second-order valence-corrected chi connectivity index (χ2v) is 5.23. The average Bonchev–Trinajstić information content (AvgIpc) is 2.48. The number of rotatable bonds is 10. The van der Waals surface area contributed by atoms with Gasteiger partial charge in [0.2, 0.25) is 0 Å². The molecule has 0 heterocycles. The summed E-state index contributed by atoms with van der Waals surface area (Å²) >= 11 is 0. The van der Waals surface area contributed by atoms with Crippen LogP contribution in [0, 0.1) is 5.92 Å². The number of hydrogen-bond acceptors (Lipinski definition) is 4. The fraction of sp³-hybridized carbons (Fsp3) is 0.500. The summed E-state index contributed by atoms with van der Waals surface area (Å²) in [5.41, 5.74) is 6.46. The maximum Gasteiger partial charge on any atom is 0.306 e. The number of Topliss-reactive ketones (excluding diaryl/α,β-unsaturated/α-hetero) is 1. The molecular formula is C16H22FNO4. The van der Waals surface area contributed by atoms with Gasteiger partial charge in [0, 0.05) is 6.42 Å².